The average Bonchev–Trinajstić information content (AvgIpc) is 3.43. The van der Waals surface area contributed by atoms with E-state index in [1.807, 2.05) is 32.6 Å². The van der Waals surface area contributed by atoms with Crippen LogP contribution in [0.5, 0.6) is 0 Å². The molecule has 0 radical (unpaired) electrons. The Morgan fingerprint density at radius 1 is 0.893 bits per heavy atom. The van der Waals surface area contributed by atoms with Crippen molar-refractivity contribution in [2.45, 2.75) is 77.3 Å². The first-order valence-corrected chi connectivity index (χ1v) is 10.9. The lowest BCUT2D eigenvalue weighted by Crippen LogP contribution is -2.41. The quantitative estimate of drug-likeness (QED) is 0.680. The van der Waals surface area contributed by atoms with Crippen molar-refractivity contribution in [1.82, 2.24) is 9.80 Å². The van der Waals surface area contributed by atoms with Gasteiger partial charge in [0, 0.05) is 29.7 Å². The summed E-state index contributed by atoms with van der Waals surface area (Å²) in [7, 11) is 0. The Balaban J connectivity index is 0.000000240. The van der Waals surface area contributed by atoms with Crippen LogP contribution in [0.2, 0.25) is 0 Å². The third-order valence-electron chi connectivity index (χ3n) is 6.26. The fourth-order valence-electron chi connectivity index (χ4n) is 4.95. The third-order valence-corrected chi connectivity index (χ3v) is 6.26. The summed E-state index contributed by atoms with van der Waals surface area (Å²) in [6.45, 7) is 15.7. The van der Waals surface area contributed by atoms with Gasteiger partial charge in [-0.05, 0) is 51.6 Å². The van der Waals surface area contributed by atoms with Crippen LogP contribution in [-0.4, -0.2) is 70.5 Å². The van der Waals surface area contributed by atoms with Gasteiger partial charge in [0.15, 0.2) is 0 Å². The van der Waals surface area contributed by atoms with Crippen molar-refractivity contribution in [3.05, 3.63) is 23.8 Å². The van der Waals surface area contributed by atoms with Gasteiger partial charge in [-0.15, -0.1) is 0 Å². The molecule has 0 saturated carbocycles. The van der Waals surface area contributed by atoms with E-state index >= 15 is 0 Å². The summed E-state index contributed by atoms with van der Waals surface area (Å²) in [5, 5.41) is 18.5. The molecular weight excluding hydrogens is 362 g/mol. The molecular formula is C22H40F2N2O2. The van der Waals surface area contributed by atoms with E-state index in [-0.39, 0.29) is 23.3 Å². The highest BCUT2D eigenvalue weighted by molar-refractivity contribution is 5.21. The smallest absolute Gasteiger partial charge is 0.270 e. The van der Waals surface area contributed by atoms with Gasteiger partial charge in [0.1, 0.15) is 0 Å². The summed E-state index contributed by atoms with van der Waals surface area (Å²) in [5.41, 5.74) is 1.27. The van der Waals surface area contributed by atoms with Gasteiger partial charge in [-0.1, -0.05) is 39.8 Å². The monoisotopic (exact) mass is 402 g/mol. The van der Waals surface area contributed by atoms with Crippen LogP contribution in [-0.2, 0) is 0 Å². The molecule has 164 valence electrons. The van der Waals surface area contributed by atoms with E-state index in [4.69, 9.17) is 0 Å². The second-order valence-electron chi connectivity index (χ2n) is 7.78. The van der Waals surface area contributed by atoms with E-state index in [2.05, 4.69) is 11.5 Å². The molecule has 6 heteroatoms. The van der Waals surface area contributed by atoms with Gasteiger partial charge in [-0.3, -0.25) is 9.80 Å². The Labute approximate surface area is 169 Å². The lowest BCUT2D eigenvalue weighted by atomic mass is 9.94. The van der Waals surface area contributed by atoms with Crippen molar-refractivity contribution in [2.75, 3.05) is 39.4 Å². The number of halogens is 2. The van der Waals surface area contributed by atoms with Crippen molar-refractivity contribution in [2.24, 2.45) is 0 Å². The van der Waals surface area contributed by atoms with Crippen LogP contribution < -0.4 is 0 Å². The molecule has 0 aromatic carbocycles. The minimum Gasteiger partial charge on any atom is -0.394 e. The van der Waals surface area contributed by atoms with Crippen LogP contribution >= 0.6 is 0 Å². The maximum atomic E-state index is 12.3. The molecule has 0 aliphatic carbocycles. The number of hydrogen-bond donors (Lipinski definition) is 2. The number of fused-ring (bicyclic) bond motifs is 2. The van der Waals surface area contributed by atoms with Gasteiger partial charge >= 0.3 is 0 Å². The van der Waals surface area contributed by atoms with Crippen molar-refractivity contribution in [3.63, 3.8) is 0 Å². The van der Waals surface area contributed by atoms with Gasteiger partial charge in [-0.25, -0.2) is 0 Å². The van der Waals surface area contributed by atoms with Gasteiger partial charge in [0.05, 0.1) is 13.2 Å². The molecule has 4 heterocycles. The second-order valence-corrected chi connectivity index (χ2v) is 7.78. The van der Waals surface area contributed by atoms with Crippen molar-refractivity contribution in [3.8, 4) is 0 Å². The predicted octanol–water partition coefficient (Wildman–Crippen LogP) is 4.19. The van der Waals surface area contributed by atoms with Gasteiger partial charge in [0.2, 0.25) is 0 Å². The Hall–Kier alpha value is -0.820. The molecule has 0 aromatic rings. The molecule has 4 fully saturated rings. The van der Waals surface area contributed by atoms with Gasteiger partial charge < -0.3 is 10.2 Å². The number of aliphatic hydroxyl groups excluding tert-OH is 2. The first-order valence-electron chi connectivity index (χ1n) is 10.9. The van der Waals surface area contributed by atoms with E-state index in [1.165, 1.54) is 12.0 Å². The minimum atomic E-state index is -1.55. The molecule has 0 bridgehead atoms. The number of hydrogen-bond acceptors (Lipinski definition) is 4. The van der Waals surface area contributed by atoms with Gasteiger partial charge in [0.25, 0.3) is 6.08 Å². The maximum absolute atomic E-state index is 12.3. The molecule has 4 aliphatic heterocycles. The lowest BCUT2D eigenvalue weighted by molar-refractivity contribution is 0.0999. The minimum absolute atomic E-state index is 0.00375. The standard InChI is InChI=1S/C9H13F2NO.C9H15NO.2C2H6/c10-8(11)7-4-9(6-13)2-1-3-12(9)5-7;1-8-5-9(7-11)3-2-4-10(9)6-8;2*1-2/h13H,1-6H2;11H,1-7H2;2*1-2H3. The average molecular weight is 403 g/mol. The SMILES string of the molecule is C=C1CN2CCCC2(CO)C1.CC.CC.OCC12CCCN1CC(=C(F)F)C2. The van der Waals surface area contributed by atoms with Crippen LogP contribution in [0.3, 0.4) is 0 Å². The predicted molar refractivity (Wildman–Crippen MR) is 112 cm³/mol. The molecule has 28 heavy (non-hydrogen) atoms. The molecule has 0 spiro atoms. The topological polar surface area (TPSA) is 46.9 Å². The highest BCUT2D eigenvalue weighted by Gasteiger charge is 2.47. The van der Waals surface area contributed by atoms with Crippen LogP contribution in [0.1, 0.15) is 66.2 Å². The van der Waals surface area contributed by atoms with Crippen LogP contribution in [0, 0.1) is 0 Å². The Bertz CT molecular complexity index is 537. The summed E-state index contributed by atoms with van der Waals surface area (Å²) in [4.78, 5) is 4.37. The summed E-state index contributed by atoms with van der Waals surface area (Å²) in [6, 6.07) is 0. The third kappa shape index (κ3) is 5.21. The highest BCUT2D eigenvalue weighted by Crippen LogP contribution is 2.42. The van der Waals surface area contributed by atoms with Gasteiger partial charge in [-0.2, -0.15) is 8.78 Å². The molecule has 0 amide bonds. The number of rotatable bonds is 2. The van der Waals surface area contributed by atoms with Crippen molar-refractivity contribution >= 4 is 0 Å². The molecule has 2 N–H and O–H groups in total. The summed E-state index contributed by atoms with van der Waals surface area (Å²) < 4.78 is 24.6. The zero-order valence-corrected chi connectivity index (χ0v) is 18.2. The first kappa shape index (κ1) is 25.2. The van der Waals surface area contributed by atoms with Crippen molar-refractivity contribution in [1.29, 1.82) is 0 Å². The van der Waals surface area contributed by atoms with E-state index in [0.29, 0.717) is 19.6 Å². The molecule has 2 atom stereocenters. The molecule has 4 nitrogen and oxygen atoms in total. The van der Waals surface area contributed by atoms with Crippen LogP contribution in [0.4, 0.5) is 8.78 Å². The zero-order valence-electron chi connectivity index (χ0n) is 18.2. The first-order chi connectivity index (χ1) is 13.4. The Morgan fingerprint density at radius 2 is 1.36 bits per heavy atom. The molecule has 4 rings (SSSR count). The van der Waals surface area contributed by atoms with Crippen LogP contribution in [0.25, 0.3) is 0 Å². The second kappa shape index (κ2) is 11.4. The number of aliphatic hydroxyl groups is 2. The normalized spacial score (nSPS) is 31.1. The maximum Gasteiger partial charge on any atom is 0.270 e. The van der Waals surface area contributed by atoms with Crippen LogP contribution in [0.15, 0.2) is 23.8 Å². The Morgan fingerprint density at radius 3 is 1.75 bits per heavy atom. The lowest BCUT2D eigenvalue weighted by Gasteiger charge is -2.28. The highest BCUT2D eigenvalue weighted by atomic mass is 19.3. The zero-order chi connectivity index (χ0) is 21.4. The van der Waals surface area contributed by atoms with E-state index in [9.17, 15) is 19.0 Å². The summed E-state index contributed by atoms with van der Waals surface area (Å²) >= 11 is 0. The molecule has 4 saturated heterocycles. The van der Waals surface area contributed by atoms with Crippen molar-refractivity contribution < 1.29 is 19.0 Å². The fraction of sp³-hybridized carbons (Fsp3) is 0.818. The fourth-order valence-corrected chi connectivity index (χ4v) is 4.95. The summed E-state index contributed by atoms with van der Waals surface area (Å²) in [6.07, 6.45) is 4.08. The largest absolute Gasteiger partial charge is 0.394 e. The Kier molecular flexibility index (Phi) is 10.3. The summed E-state index contributed by atoms with van der Waals surface area (Å²) in [5.74, 6) is 0. The molecule has 4 aliphatic rings. The molecule has 0 aromatic heterocycles. The molecule has 2 unspecified atom stereocenters. The van der Waals surface area contributed by atoms with E-state index in [0.717, 1.165) is 45.3 Å². The van der Waals surface area contributed by atoms with E-state index in [1.54, 1.807) is 0 Å². The van der Waals surface area contributed by atoms with E-state index < -0.39 is 6.08 Å². The number of nitrogens with zero attached hydrogens (tertiary/aromatic N) is 2.